The third kappa shape index (κ3) is 4.09. The van der Waals surface area contributed by atoms with E-state index < -0.39 is 0 Å². The summed E-state index contributed by atoms with van der Waals surface area (Å²) in [5.41, 5.74) is 2.26. The Bertz CT molecular complexity index is 899. The van der Waals surface area contributed by atoms with Crippen molar-refractivity contribution in [1.29, 1.82) is 0 Å². The minimum Gasteiger partial charge on any atom is -0.436 e. The summed E-state index contributed by atoms with van der Waals surface area (Å²) in [5.74, 6) is 1.71. The van der Waals surface area contributed by atoms with Gasteiger partial charge < -0.3 is 15.1 Å². The SMILES string of the molecule is O=C(NCCC1CCNC1)c1ccccc1-c1ncc(-c2ccccc2)o1. The van der Waals surface area contributed by atoms with Crippen molar-refractivity contribution >= 4 is 5.91 Å². The number of benzene rings is 2. The molecule has 2 aromatic carbocycles. The van der Waals surface area contributed by atoms with Gasteiger partial charge in [-0.1, -0.05) is 42.5 Å². The topological polar surface area (TPSA) is 67.2 Å². The number of aromatic nitrogens is 1. The average Bonchev–Trinajstić information content (AvgIpc) is 3.41. The molecule has 4 rings (SSSR count). The molecule has 1 aromatic heterocycles. The monoisotopic (exact) mass is 361 g/mol. The number of hydrogen-bond donors (Lipinski definition) is 2. The minimum absolute atomic E-state index is 0.0870. The fraction of sp³-hybridized carbons (Fsp3) is 0.273. The van der Waals surface area contributed by atoms with Crippen molar-refractivity contribution in [3.63, 3.8) is 0 Å². The molecule has 3 aromatic rings. The van der Waals surface area contributed by atoms with Crippen LogP contribution in [0.25, 0.3) is 22.8 Å². The molecular weight excluding hydrogens is 338 g/mol. The summed E-state index contributed by atoms with van der Waals surface area (Å²) in [4.78, 5) is 17.1. The Labute approximate surface area is 158 Å². The van der Waals surface area contributed by atoms with Gasteiger partial charge in [0.1, 0.15) is 0 Å². The molecule has 0 aliphatic carbocycles. The van der Waals surface area contributed by atoms with Crippen molar-refractivity contribution < 1.29 is 9.21 Å². The molecule has 5 nitrogen and oxygen atoms in total. The summed E-state index contributed by atoms with van der Waals surface area (Å²) < 4.78 is 5.93. The van der Waals surface area contributed by atoms with Gasteiger partial charge in [0.05, 0.1) is 11.8 Å². The van der Waals surface area contributed by atoms with E-state index in [-0.39, 0.29) is 5.91 Å². The number of nitrogens with one attached hydrogen (secondary N) is 2. The molecule has 27 heavy (non-hydrogen) atoms. The number of amides is 1. The van der Waals surface area contributed by atoms with Gasteiger partial charge in [0.25, 0.3) is 5.91 Å². The van der Waals surface area contributed by atoms with Crippen LogP contribution in [-0.4, -0.2) is 30.5 Å². The van der Waals surface area contributed by atoms with E-state index in [1.165, 1.54) is 6.42 Å². The first-order valence-corrected chi connectivity index (χ1v) is 9.41. The fourth-order valence-corrected chi connectivity index (χ4v) is 3.45. The summed E-state index contributed by atoms with van der Waals surface area (Å²) in [7, 11) is 0. The summed E-state index contributed by atoms with van der Waals surface area (Å²) in [6, 6.07) is 17.3. The van der Waals surface area contributed by atoms with Crippen LogP contribution in [0.3, 0.4) is 0 Å². The van der Waals surface area contributed by atoms with Gasteiger partial charge in [-0.3, -0.25) is 4.79 Å². The first kappa shape index (κ1) is 17.5. The number of carbonyl (C=O) groups is 1. The Morgan fingerprint density at radius 2 is 1.96 bits per heavy atom. The van der Waals surface area contributed by atoms with Crippen LogP contribution in [-0.2, 0) is 0 Å². The van der Waals surface area contributed by atoms with E-state index in [4.69, 9.17) is 4.42 Å². The Hall–Kier alpha value is -2.92. The largest absolute Gasteiger partial charge is 0.436 e. The molecule has 2 N–H and O–H groups in total. The summed E-state index contributed by atoms with van der Waals surface area (Å²) in [5, 5.41) is 6.39. The second-order valence-electron chi connectivity index (χ2n) is 6.84. The van der Waals surface area contributed by atoms with E-state index in [1.54, 1.807) is 6.20 Å². The second kappa shape index (κ2) is 8.18. The van der Waals surface area contributed by atoms with Crippen LogP contribution < -0.4 is 10.6 Å². The molecular formula is C22H23N3O2. The molecule has 5 heteroatoms. The van der Waals surface area contributed by atoms with Gasteiger partial charge in [-0.2, -0.15) is 0 Å². The lowest BCUT2D eigenvalue weighted by atomic mass is 10.0. The van der Waals surface area contributed by atoms with Crippen molar-refractivity contribution in [2.75, 3.05) is 19.6 Å². The lowest BCUT2D eigenvalue weighted by Crippen LogP contribution is -2.26. The molecule has 0 bridgehead atoms. The highest BCUT2D eigenvalue weighted by Crippen LogP contribution is 2.28. The lowest BCUT2D eigenvalue weighted by molar-refractivity contribution is 0.0952. The number of rotatable bonds is 6. The van der Waals surface area contributed by atoms with Gasteiger partial charge in [-0.05, 0) is 44.0 Å². The van der Waals surface area contributed by atoms with Crippen LogP contribution in [0.15, 0.2) is 65.2 Å². The molecule has 0 saturated carbocycles. The van der Waals surface area contributed by atoms with E-state index in [0.717, 1.165) is 25.1 Å². The van der Waals surface area contributed by atoms with Crippen LogP contribution >= 0.6 is 0 Å². The number of nitrogens with zero attached hydrogens (tertiary/aromatic N) is 1. The van der Waals surface area contributed by atoms with Gasteiger partial charge in [0, 0.05) is 17.7 Å². The van der Waals surface area contributed by atoms with Gasteiger partial charge in [0.15, 0.2) is 5.76 Å². The first-order valence-electron chi connectivity index (χ1n) is 9.41. The van der Waals surface area contributed by atoms with Crippen molar-refractivity contribution in [3.8, 4) is 22.8 Å². The van der Waals surface area contributed by atoms with Crippen LogP contribution in [0.1, 0.15) is 23.2 Å². The van der Waals surface area contributed by atoms with Crippen molar-refractivity contribution in [1.82, 2.24) is 15.6 Å². The normalized spacial score (nSPS) is 16.4. The smallest absolute Gasteiger partial charge is 0.252 e. The zero-order valence-corrected chi connectivity index (χ0v) is 15.2. The van der Waals surface area contributed by atoms with E-state index in [9.17, 15) is 4.79 Å². The molecule has 1 unspecified atom stereocenters. The third-order valence-electron chi connectivity index (χ3n) is 4.97. The third-order valence-corrected chi connectivity index (χ3v) is 4.97. The minimum atomic E-state index is -0.0870. The highest BCUT2D eigenvalue weighted by atomic mass is 16.4. The maximum absolute atomic E-state index is 12.7. The maximum Gasteiger partial charge on any atom is 0.252 e. The standard InChI is InChI=1S/C22H23N3O2/c26-21(24-13-11-16-10-12-23-14-16)18-8-4-5-9-19(18)22-25-15-20(27-22)17-6-2-1-3-7-17/h1-9,15-16,23H,10-14H2,(H,24,26). The molecule has 1 amide bonds. The zero-order valence-electron chi connectivity index (χ0n) is 15.2. The predicted octanol–water partition coefficient (Wildman–Crippen LogP) is 3.74. The summed E-state index contributed by atoms with van der Waals surface area (Å²) in [6.45, 7) is 2.81. The fourth-order valence-electron chi connectivity index (χ4n) is 3.45. The highest BCUT2D eigenvalue weighted by Gasteiger charge is 2.18. The Kier molecular flexibility index (Phi) is 5.30. The average molecular weight is 361 g/mol. The van der Waals surface area contributed by atoms with Crippen molar-refractivity contribution in [2.45, 2.75) is 12.8 Å². The number of carbonyl (C=O) groups excluding carboxylic acids is 1. The lowest BCUT2D eigenvalue weighted by Gasteiger charge is -2.11. The van der Waals surface area contributed by atoms with Gasteiger partial charge >= 0.3 is 0 Å². The second-order valence-corrected chi connectivity index (χ2v) is 6.84. The van der Waals surface area contributed by atoms with E-state index >= 15 is 0 Å². The quantitative estimate of drug-likeness (QED) is 0.702. The summed E-state index contributed by atoms with van der Waals surface area (Å²) in [6.07, 6.45) is 3.88. The van der Waals surface area contributed by atoms with Crippen LogP contribution in [0.4, 0.5) is 0 Å². The molecule has 1 fully saturated rings. The molecule has 0 radical (unpaired) electrons. The van der Waals surface area contributed by atoms with Crippen LogP contribution in [0.2, 0.25) is 0 Å². The molecule has 0 spiro atoms. The molecule has 1 saturated heterocycles. The molecule has 1 aliphatic heterocycles. The Balaban J connectivity index is 1.49. The Morgan fingerprint density at radius 1 is 1.15 bits per heavy atom. The first-order chi connectivity index (χ1) is 13.3. The zero-order chi connectivity index (χ0) is 18.5. The molecule has 138 valence electrons. The number of oxazole rings is 1. The van der Waals surface area contributed by atoms with E-state index in [1.807, 2.05) is 54.6 Å². The van der Waals surface area contributed by atoms with Crippen molar-refractivity contribution in [3.05, 3.63) is 66.4 Å². The predicted molar refractivity (Wildman–Crippen MR) is 105 cm³/mol. The van der Waals surface area contributed by atoms with Gasteiger partial charge in [-0.15, -0.1) is 0 Å². The summed E-state index contributed by atoms with van der Waals surface area (Å²) >= 11 is 0. The number of hydrogen-bond acceptors (Lipinski definition) is 4. The molecule has 1 aliphatic rings. The van der Waals surface area contributed by atoms with Gasteiger partial charge in [0.2, 0.25) is 5.89 Å². The van der Waals surface area contributed by atoms with Crippen LogP contribution in [0, 0.1) is 5.92 Å². The highest BCUT2D eigenvalue weighted by molar-refractivity contribution is 6.00. The van der Waals surface area contributed by atoms with E-state index in [2.05, 4.69) is 15.6 Å². The Morgan fingerprint density at radius 3 is 2.78 bits per heavy atom. The molecule has 2 heterocycles. The molecule has 1 atom stereocenters. The maximum atomic E-state index is 12.7. The van der Waals surface area contributed by atoms with Gasteiger partial charge in [-0.25, -0.2) is 4.98 Å². The van der Waals surface area contributed by atoms with E-state index in [0.29, 0.717) is 35.2 Å². The van der Waals surface area contributed by atoms with Crippen molar-refractivity contribution in [2.24, 2.45) is 5.92 Å². The van der Waals surface area contributed by atoms with Crippen LogP contribution in [0.5, 0.6) is 0 Å².